The van der Waals surface area contributed by atoms with Crippen molar-refractivity contribution in [3.8, 4) is 0 Å². The molecule has 0 aliphatic heterocycles. The SMILES string of the molecule is [B]B([B])B([B])B(B([B])[B])B(B(C)B(B(B([B])[B])B([B])[B])B(B([B])[B])B([B])[B])B(B([B])[B])B([B])[B]. The fourth-order valence-electron chi connectivity index (χ4n) is 5.51. The molecule has 0 aromatic heterocycles. The van der Waals surface area contributed by atoms with Gasteiger partial charge >= 0.3 is 0 Å². The van der Waals surface area contributed by atoms with Gasteiger partial charge in [0.2, 0.25) is 0 Å². The molecule has 0 aromatic rings. The van der Waals surface area contributed by atoms with Crippen molar-refractivity contribution in [2.45, 2.75) is 6.82 Å². The Hall–Kier alpha value is 2.14. The first-order chi connectivity index (χ1) is 15.4. The second kappa shape index (κ2) is 16.3. The lowest BCUT2D eigenvalue weighted by Gasteiger charge is -2.49. The maximum Gasteiger partial charge on any atom is 0.0413 e. The van der Waals surface area contributed by atoms with E-state index in [2.05, 4.69) is 0 Å². The van der Waals surface area contributed by atoms with Gasteiger partial charge in [-0.3, -0.25) is 0 Å². The summed E-state index contributed by atoms with van der Waals surface area (Å²) in [5.41, 5.74) is 0. The van der Waals surface area contributed by atoms with Gasteiger partial charge in [0.25, 0.3) is 0 Å². The third-order valence-corrected chi connectivity index (χ3v) is 6.99. The zero-order valence-corrected chi connectivity index (χ0v) is 20.1. The van der Waals surface area contributed by atoms with E-state index in [9.17, 15) is 0 Å². The molecule has 34 heavy (non-hydrogen) atoms. The molecule has 0 N–H and O–H groups in total. The quantitative estimate of drug-likeness (QED) is 0.251. The molecule has 0 rings (SSSR count). The van der Waals surface area contributed by atoms with Gasteiger partial charge in [0, 0.05) is 234 Å². The molecule has 0 spiro atoms. The topological polar surface area (TPSA) is 0 Å². The van der Waals surface area contributed by atoms with Crippen molar-refractivity contribution in [2.24, 2.45) is 0 Å². The van der Waals surface area contributed by atoms with Crippen LogP contribution < -0.4 is 0 Å². The Bertz CT molecular complexity index is 483. The van der Waals surface area contributed by atoms with E-state index in [1.54, 1.807) is 6.82 Å². The van der Waals surface area contributed by atoms with E-state index in [4.69, 9.17) is 132 Å². The van der Waals surface area contributed by atoms with E-state index >= 15 is 0 Å². The second-order valence-electron chi connectivity index (χ2n) is 9.52. The van der Waals surface area contributed by atoms with Gasteiger partial charge in [-0.25, -0.2) is 0 Å². The van der Waals surface area contributed by atoms with Gasteiger partial charge in [-0.2, -0.15) is 0 Å². The standard InChI is InChI=1S/CH3B33/c1-19(29(31(21(4)5)22(6)7)32(23(8)9)24(10)11)30(33(25(12)13)26(14)15)34(27(16)17)28(18)20(2)3/h1H3. The van der Waals surface area contributed by atoms with Crippen molar-refractivity contribution < 1.29 is 0 Å². The molecule has 0 heterocycles. The summed E-state index contributed by atoms with van der Waals surface area (Å²) in [6.07, 6.45) is -13.6. The second-order valence-corrected chi connectivity index (χ2v) is 9.52. The van der Waals surface area contributed by atoms with Gasteiger partial charge < -0.3 is 0 Å². The van der Waals surface area contributed by atoms with Gasteiger partial charge in [0.15, 0.2) is 0 Å². The summed E-state index contributed by atoms with van der Waals surface area (Å²) in [6.45, 7) is 1.22. The Labute approximate surface area is 239 Å². The van der Waals surface area contributed by atoms with Gasteiger partial charge in [-0.15, -0.1) is 6.82 Å². The molecule has 0 aromatic carbocycles. The van der Waals surface area contributed by atoms with E-state index in [0.717, 1.165) is 0 Å². The molecule has 0 unspecified atom stereocenters. The maximum atomic E-state index is 6.36. The minimum atomic E-state index is -1.04. The largest absolute Gasteiger partial charge is 0.101 e. The molecule has 106 valence electrons. The average molecular weight is 372 g/mol. The molecule has 0 saturated heterocycles. The predicted molar refractivity (Wildman–Crippen MR) is 196 cm³/mol. The first kappa shape index (κ1) is 36.1. The van der Waals surface area contributed by atoms with E-state index in [1.165, 1.54) is 0 Å². The lowest BCUT2D eigenvalue weighted by atomic mass is 8.33. The van der Waals surface area contributed by atoms with Crippen molar-refractivity contribution >= 4 is 234 Å². The smallest absolute Gasteiger partial charge is 0.0413 e. The molecule has 0 aliphatic rings. The van der Waals surface area contributed by atoms with Crippen LogP contribution in [0.1, 0.15) is 0 Å². The first-order valence-electron chi connectivity index (χ1n) is 11.2. The van der Waals surface area contributed by atoms with Crippen LogP contribution in [0.2, 0.25) is 6.82 Å². The van der Waals surface area contributed by atoms with E-state index in [1.807, 2.05) is 0 Å². The highest BCUT2D eigenvalue weighted by atomic mass is 13.4. The summed E-state index contributed by atoms with van der Waals surface area (Å²) < 4.78 is 0. The Morgan fingerprint density at radius 3 is 0.647 bits per heavy atom. The Balaban J connectivity index is 7.22. The van der Waals surface area contributed by atoms with Gasteiger partial charge in [0.1, 0.15) is 0 Å². The van der Waals surface area contributed by atoms with Crippen LogP contribution in [0.25, 0.3) is 0 Å². The number of hydrogen-bond donors (Lipinski definition) is 0. The van der Waals surface area contributed by atoms with E-state index in [0.29, 0.717) is 0 Å². The Kier molecular flexibility index (Phi) is 17.3. The van der Waals surface area contributed by atoms with Crippen LogP contribution in [-0.4, -0.2) is 234 Å². The highest BCUT2D eigenvalue weighted by Crippen LogP contribution is 2.15. The van der Waals surface area contributed by atoms with E-state index in [-0.39, 0.29) is 0 Å². The predicted octanol–water partition coefficient (Wildman–Crippen LogP) is -12.0. The summed E-state index contributed by atoms with van der Waals surface area (Å²) in [6, 6.07) is 0. The summed E-state index contributed by atoms with van der Waals surface area (Å²) in [5, 5.41) is 0. The minimum absolute atomic E-state index is 0.581. The molecule has 0 aliphatic carbocycles. The molecule has 0 amide bonds. The van der Waals surface area contributed by atoms with Gasteiger partial charge in [-0.05, 0) is 0 Å². The normalized spacial score (nSPS) is 9.56. The highest BCUT2D eigenvalue weighted by Gasteiger charge is 2.52. The Morgan fingerprint density at radius 2 is 0.471 bits per heavy atom. The molecule has 0 saturated carbocycles. The zero-order valence-electron chi connectivity index (χ0n) is 20.1. The van der Waals surface area contributed by atoms with Crippen LogP contribution in [0.3, 0.4) is 0 Å². The lowest BCUT2D eigenvalue weighted by molar-refractivity contribution is 2.32. The monoisotopic (exact) mass is 378 g/mol. The summed E-state index contributed by atoms with van der Waals surface area (Å²) in [7, 11) is 104. The zero-order chi connectivity index (χ0) is 27.2. The fourth-order valence-corrected chi connectivity index (χ4v) is 5.51. The molecular formula is CH3B33. The summed E-state index contributed by atoms with van der Waals surface area (Å²) in [4.78, 5) is 0. The molecular weight excluding hydrogens is 369 g/mol. The maximum absolute atomic E-state index is 6.36. The van der Waals surface area contributed by atoms with Gasteiger partial charge in [0.05, 0.1) is 0 Å². The van der Waals surface area contributed by atoms with Gasteiger partial charge in [-0.1, -0.05) is 0 Å². The third kappa shape index (κ3) is 9.71. The number of rotatable bonds is 15. The highest BCUT2D eigenvalue weighted by molar-refractivity contribution is 8.25. The summed E-state index contributed by atoms with van der Waals surface area (Å²) in [5.74, 6) is 0. The van der Waals surface area contributed by atoms with Crippen LogP contribution >= 0.6 is 0 Å². The first-order valence-corrected chi connectivity index (χ1v) is 11.2. The lowest BCUT2D eigenvalue weighted by Crippen LogP contribution is -2.87. The average Bonchev–Trinajstić information content (AvgIpc) is 2.63. The molecule has 34 radical (unpaired) electrons. The van der Waals surface area contributed by atoms with Crippen molar-refractivity contribution in [1.82, 2.24) is 0 Å². The molecule has 33 heteroatoms. The van der Waals surface area contributed by atoms with Crippen LogP contribution in [0.4, 0.5) is 0 Å². The third-order valence-electron chi connectivity index (χ3n) is 6.99. The molecule has 0 atom stereocenters. The van der Waals surface area contributed by atoms with Crippen LogP contribution in [-0.2, 0) is 0 Å². The van der Waals surface area contributed by atoms with Crippen molar-refractivity contribution in [3.05, 3.63) is 0 Å². The minimum Gasteiger partial charge on any atom is -0.101 e. The van der Waals surface area contributed by atoms with Crippen LogP contribution in [0, 0.1) is 0 Å². The van der Waals surface area contributed by atoms with E-state index < -0.39 is 102 Å². The Morgan fingerprint density at radius 1 is 0.265 bits per heavy atom. The molecule has 0 bridgehead atoms. The van der Waals surface area contributed by atoms with Crippen molar-refractivity contribution in [1.29, 1.82) is 0 Å². The number of hydrogen-bond acceptors (Lipinski definition) is 0. The molecule has 0 fully saturated rings. The molecule has 0 nitrogen and oxygen atoms in total. The van der Waals surface area contributed by atoms with Crippen LogP contribution in [0.5, 0.6) is 0 Å². The van der Waals surface area contributed by atoms with Crippen molar-refractivity contribution in [2.75, 3.05) is 0 Å². The summed E-state index contributed by atoms with van der Waals surface area (Å²) >= 11 is 0. The fraction of sp³-hybridized carbons (Fsp3) is 1.00. The van der Waals surface area contributed by atoms with Crippen LogP contribution in [0.15, 0.2) is 0 Å². The van der Waals surface area contributed by atoms with Crippen molar-refractivity contribution in [3.63, 3.8) is 0 Å².